The van der Waals surface area contributed by atoms with E-state index in [0.717, 1.165) is 50.4 Å². The number of fused-ring (bicyclic) bond motifs is 1. The van der Waals surface area contributed by atoms with Crippen LogP contribution in [0.5, 0.6) is 0 Å². The molecule has 6 heteroatoms. The van der Waals surface area contributed by atoms with Crippen LogP contribution in [0.3, 0.4) is 0 Å². The van der Waals surface area contributed by atoms with Gasteiger partial charge >= 0.3 is 0 Å². The molecular formula is C20H26N6. The van der Waals surface area contributed by atoms with Crippen LogP contribution >= 0.6 is 0 Å². The summed E-state index contributed by atoms with van der Waals surface area (Å²) < 4.78 is 1.94. The summed E-state index contributed by atoms with van der Waals surface area (Å²) in [6, 6.07) is 13.0. The van der Waals surface area contributed by atoms with Gasteiger partial charge in [0.05, 0.1) is 0 Å². The maximum absolute atomic E-state index is 6.04. The van der Waals surface area contributed by atoms with Crippen molar-refractivity contribution in [2.75, 3.05) is 25.0 Å². The fourth-order valence-corrected chi connectivity index (χ4v) is 3.69. The van der Waals surface area contributed by atoms with E-state index in [1.165, 1.54) is 11.1 Å². The zero-order valence-electron chi connectivity index (χ0n) is 15.3. The molecular weight excluding hydrogens is 324 g/mol. The van der Waals surface area contributed by atoms with Crippen LogP contribution in [0, 0.1) is 0 Å². The lowest BCUT2D eigenvalue weighted by atomic mass is 10.1. The highest BCUT2D eigenvalue weighted by molar-refractivity contribution is 5.73. The summed E-state index contributed by atoms with van der Waals surface area (Å²) in [6.07, 6.45) is 5.81. The predicted octanol–water partition coefficient (Wildman–Crippen LogP) is 2.29. The zero-order valence-corrected chi connectivity index (χ0v) is 15.3. The van der Waals surface area contributed by atoms with Crippen LogP contribution in [0.25, 0.3) is 5.52 Å². The number of aromatic nitrogens is 3. The normalized spacial score (nSPS) is 16.2. The average Bonchev–Trinajstić information content (AvgIpc) is 3.07. The van der Waals surface area contributed by atoms with Crippen LogP contribution in [-0.2, 0) is 13.1 Å². The Balaban J connectivity index is 1.59. The van der Waals surface area contributed by atoms with Gasteiger partial charge in [-0.2, -0.15) is 5.10 Å². The number of benzene rings is 1. The topological polar surface area (TPSA) is 62.7 Å². The van der Waals surface area contributed by atoms with Crippen molar-refractivity contribution in [1.82, 2.24) is 19.5 Å². The quantitative estimate of drug-likeness (QED) is 0.765. The van der Waals surface area contributed by atoms with E-state index in [9.17, 15) is 0 Å². The summed E-state index contributed by atoms with van der Waals surface area (Å²) in [4.78, 5) is 9.27. The molecule has 136 valence electrons. The maximum Gasteiger partial charge on any atom is 0.156 e. The molecule has 1 fully saturated rings. The van der Waals surface area contributed by atoms with Crippen molar-refractivity contribution in [3.05, 3.63) is 60.0 Å². The molecule has 2 N–H and O–H groups in total. The van der Waals surface area contributed by atoms with Gasteiger partial charge in [0.2, 0.25) is 0 Å². The molecule has 1 aliphatic rings. The minimum absolute atomic E-state index is 0.355. The third-order valence-corrected chi connectivity index (χ3v) is 5.17. The van der Waals surface area contributed by atoms with E-state index in [-0.39, 0.29) is 0 Å². The average molecular weight is 350 g/mol. The second-order valence-corrected chi connectivity index (χ2v) is 7.17. The van der Waals surface area contributed by atoms with Gasteiger partial charge < -0.3 is 10.6 Å². The number of nitrogens with zero attached hydrogens (tertiary/aromatic N) is 5. The van der Waals surface area contributed by atoms with Crippen molar-refractivity contribution in [1.29, 1.82) is 0 Å². The highest BCUT2D eigenvalue weighted by atomic mass is 15.3. The molecule has 0 spiro atoms. The van der Waals surface area contributed by atoms with Crippen LogP contribution in [0.15, 0.2) is 48.9 Å². The van der Waals surface area contributed by atoms with Gasteiger partial charge in [0, 0.05) is 32.4 Å². The molecule has 1 aromatic carbocycles. The van der Waals surface area contributed by atoms with Crippen LogP contribution in [-0.4, -0.2) is 45.7 Å². The molecule has 1 aliphatic heterocycles. The first kappa shape index (κ1) is 17.0. The molecule has 1 saturated heterocycles. The monoisotopic (exact) mass is 350 g/mol. The largest absolute Gasteiger partial charge is 0.353 e. The molecule has 3 aromatic rings. The summed E-state index contributed by atoms with van der Waals surface area (Å²) in [5.41, 5.74) is 9.68. The van der Waals surface area contributed by atoms with E-state index in [2.05, 4.69) is 57.3 Å². The van der Waals surface area contributed by atoms with Crippen molar-refractivity contribution in [3.63, 3.8) is 0 Å². The first-order valence-corrected chi connectivity index (χ1v) is 9.25. The second kappa shape index (κ2) is 7.43. The summed E-state index contributed by atoms with van der Waals surface area (Å²) >= 11 is 0. The Hall–Kier alpha value is -2.44. The molecule has 2 aromatic heterocycles. The second-order valence-electron chi connectivity index (χ2n) is 7.17. The summed E-state index contributed by atoms with van der Waals surface area (Å²) in [5, 5.41) is 4.40. The van der Waals surface area contributed by atoms with Crippen molar-refractivity contribution in [2.45, 2.75) is 32.0 Å². The van der Waals surface area contributed by atoms with Gasteiger partial charge in [-0.15, -0.1) is 0 Å². The van der Waals surface area contributed by atoms with Crippen molar-refractivity contribution in [2.24, 2.45) is 5.73 Å². The Morgan fingerprint density at radius 3 is 2.69 bits per heavy atom. The Bertz CT molecular complexity index is 851. The van der Waals surface area contributed by atoms with Gasteiger partial charge in [0.1, 0.15) is 11.8 Å². The molecule has 4 rings (SSSR count). The van der Waals surface area contributed by atoms with Gasteiger partial charge in [0.15, 0.2) is 5.82 Å². The van der Waals surface area contributed by atoms with Crippen molar-refractivity contribution < 1.29 is 0 Å². The summed E-state index contributed by atoms with van der Waals surface area (Å²) in [6.45, 7) is 3.85. The first-order valence-electron chi connectivity index (χ1n) is 9.25. The van der Waals surface area contributed by atoms with E-state index < -0.39 is 0 Å². The van der Waals surface area contributed by atoms with Gasteiger partial charge in [-0.25, -0.2) is 9.50 Å². The lowest BCUT2D eigenvalue weighted by molar-refractivity contribution is 0.206. The summed E-state index contributed by atoms with van der Waals surface area (Å²) in [7, 11) is 2.09. The van der Waals surface area contributed by atoms with Crippen LogP contribution < -0.4 is 10.6 Å². The molecule has 0 amide bonds. The van der Waals surface area contributed by atoms with Crippen LogP contribution in [0.1, 0.15) is 24.0 Å². The number of piperidine rings is 1. The third-order valence-electron chi connectivity index (χ3n) is 5.17. The Labute approximate surface area is 154 Å². The van der Waals surface area contributed by atoms with E-state index in [1.807, 2.05) is 16.8 Å². The van der Waals surface area contributed by atoms with Gasteiger partial charge in [-0.3, -0.25) is 4.90 Å². The minimum Gasteiger partial charge on any atom is -0.353 e. The van der Waals surface area contributed by atoms with E-state index in [4.69, 9.17) is 5.73 Å². The molecule has 0 atom stereocenters. The number of hydrogen-bond acceptors (Lipinski definition) is 5. The SMILES string of the molecule is CN(Cc1ccccc1)c1ncnn2ccc(CN3CCC(N)CC3)c12. The lowest BCUT2D eigenvalue weighted by Crippen LogP contribution is -2.39. The Morgan fingerprint density at radius 2 is 1.92 bits per heavy atom. The van der Waals surface area contributed by atoms with E-state index in [1.54, 1.807) is 6.33 Å². The molecule has 0 aliphatic carbocycles. The van der Waals surface area contributed by atoms with E-state index >= 15 is 0 Å². The van der Waals surface area contributed by atoms with Crippen molar-refractivity contribution in [3.8, 4) is 0 Å². The molecule has 0 unspecified atom stereocenters. The number of rotatable bonds is 5. The Morgan fingerprint density at radius 1 is 1.15 bits per heavy atom. The molecule has 26 heavy (non-hydrogen) atoms. The number of anilines is 1. The fourth-order valence-electron chi connectivity index (χ4n) is 3.69. The zero-order chi connectivity index (χ0) is 17.9. The number of likely N-dealkylation sites (tertiary alicyclic amines) is 1. The first-order chi connectivity index (χ1) is 12.7. The maximum atomic E-state index is 6.04. The number of nitrogens with two attached hydrogens (primary N) is 1. The van der Waals surface area contributed by atoms with Crippen LogP contribution in [0.2, 0.25) is 0 Å². The standard InChI is InChI=1S/C20H26N6/c1-24(13-16-5-3-2-4-6-16)20-19-17(7-12-26(19)23-15-22-20)14-25-10-8-18(21)9-11-25/h2-7,12,15,18H,8-11,13-14,21H2,1H3. The van der Waals surface area contributed by atoms with Crippen LogP contribution in [0.4, 0.5) is 5.82 Å². The third kappa shape index (κ3) is 3.57. The highest BCUT2D eigenvalue weighted by Gasteiger charge is 2.19. The highest BCUT2D eigenvalue weighted by Crippen LogP contribution is 2.25. The smallest absolute Gasteiger partial charge is 0.156 e. The van der Waals surface area contributed by atoms with Crippen molar-refractivity contribution >= 4 is 11.3 Å². The fraction of sp³-hybridized carbons (Fsp3) is 0.400. The lowest BCUT2D eigenvalue weighted by Gasteiger charge is -2.30. The van der Waals surface area contributed by atoms with Gasteiger partial charge in [-0.1, -0.05) is 30.3 Å². The van der Waals surface area contributed by atoms with Gasteiger partial charge in [0.25, 0.3) is 0 Å². The molecule has 0 bridgehead atoms. The molecule has 6 nitrogen and oxygen atoms in total. The minimum atomic E-state index is 0.355. The Kier molecular flexibility index (Phi) is 4.86. The van der Waals surface area contributed by atoms with Gasteiger partial charge in [-0.05, 0) is 43.1 Å². The summed E-state index contributed by atoms with van der Waals surface area (Å²) in [5.74, 6) is 0.970. The molecule has 3 heterocycles. The van der Waals surface area contributed by atoms with E-state index in [0.29, 0.717) is 6.04 Å². The molecule has 0 radical (unpaired) electrons. The number of hydrogen-bond donors (Lipinski definition) is 1. The molecule has 0 saturated carbocycles. The predicted molar refractivity (Wildman–Crippen MR) is 104 cm³/mol.